The van der Waals surface area contributed by atoms with E-state index in [1.165, 1.54) is 45.1 Å². The monoisotopic (exact) mass is 324 g/mol. The van der Waals surface area contributed by atoms with E-state index in [4.69, 9.17) is 4.74 Å². The molecule has 0 radical (unpaired) electrons. The molecule has 1 N–H and O–H groups in total. The zero-order valence-electron chi connectivity index (χ0n) is 15.4. The third-order valence-corrected chi connectivity index (χ3v) is 5.41. The largest absolute Gasteiger partial charge is 0.381 e. The van der Waals surface area contributed by atoms with Gasteiger partial charge in [0.1, 0.15) is 0 Å². The summed E-state index contributed by atoms with van der Waals surface area (Å²) in [6, 6.07) is 0.735. The van der Waals surface area contributed by atoms with Crippen LogP contribution in [0.2, 0.25) is 0 Å². The number of rotatable bonds is 6. The molecule has 0 saturated carbocycles. The fourth-order valence-corrected chi connectivity index (χ4v) is 3.70. The van der Waals surface area contributed by atoms with E-state index in [0.717, 1.165) is 50.8 Å². The van der Waals surface area contributed by atoms with Crippen LogP contribution in [0, 0.1) is 5.92 Å². The standard InChI is InChI=1S/C18H36N4O/c1-16-6-4-5-11-22(16)13-10-20-18(19-2)21(3)12-7-17-8-14-23-15-9-17/h16-17H,4-15H2,1-3H3,(H,19,20). The van der Waals surface area contributed by atoms with Crippen molar-refractivity contribution in [2.45, 2.75) is 51.5 Å². The highest BCUT2D eigenvalue weighted by Gasteiger charge is 2.18. The molecule has 0 bridgehead atoms. The number of hydrogen-bond donors (Lipinski definition) is 1. The van der Waals surface area contributed by atoms with Crippen LogP contribution in [-0.2, 0) is 4.74 Å². The molecule has 5 heteroatoms. The molecular formula is C18H36N4O. The maximum Gasteiger partial charge on any atom is 0.193 e. The van der Waals surface area contributed by atoms with Crippen LogP contribution in [0.25, 0.3) is 0 Å². The van der Waals surface area contributed by atoms with Crippen molar-refractivity contribution in [2.75, 3.05) is 53.5 Å². The first-order valence-corrected chi connectivity index (χ1v) is 9.44. The van der Waals surface area contributed by atoms with E-state index in [-0.39, 0.29) is 0 Å². The Bertz CT molecular complexity index is 355. The summed E-state index contributed by atoms with van der Waals surface area (Å²) in [6.45, 7) is 8.66. The molecule has 2 rings (SSSR count). The quantitative estimate of drug-likeness (QED) is 0.600. The molecule has 0 aliphatic carbocycles. The van der Waals surface area contributed by atoms with E-state index in [1.807, 2.05) is 7.05 Å². The van der Waals surface area contributed by atoms with Gasteiger partial charge in [-0.15, -0.1) is 0 Å². The highest BCUT2D eigenvalue weighted by molar-refractivity contribution is 5.79. The van der Waals surface area contributed by atoms with Crippen molar-refractivity contribution in [1.29, 1.82) is 0 Å². The second-order valence-electron chi connectivity index (χ2n) is 7.12. The maximum atomic E-state index is 5.44. The minimum atomic E-state index is 0.735. The lowest BCUT2D eigenvalue weighted by Gasteiger charge is -2.33. The van der Waals surface area contributed by atoms with Gasteiger partial charge in [0.15, 0.2) is 5.96 Å². The summed E-state index contributed by atoms with van der Waals surface area (Å²) in [6.07, 6.45) is 7.76. The molecule has 0 aromatic rings. The molecule has 1 atom stereocenters. The number of likely N-dealkylation sites (tertiary alicyclic amines) is 1. The van der Waals surface area contributed by atoms with Crippen molar-refractivity contribution >= 4 is 5.96 Å². The smallest absolute Gasteiger partial charge is 0.193 e. The number of aliphatic imine (C=N–C) groups is 1. The van der Waals surface area contributed by atoms with Crippen molar-refractivity contribution in [3.8, 4) is 0 Å². The van der Waals surface area contributed by atoms with Crippen LogP contribution in [0.5, 0.6) is 0 Å². The summed E-state index contributed by atoms with van der Waals surface area (Å²) in [5, 5.41) is 3.53. The fourth-order valence-electron chi connectivity index (χ4n) is 3.70. The number of guanidine groups is 1. The third kappa shape index (κ3) is 6.30. The topological polar surface area (TPSA) is 40.1 Å². The second kappa shape index (κ2) is 10.1. The SMILES string of the molecule is CN=C(NCCN1CCCCC1C)N(C)CCC1CCOCC1. The first-order valence-electron chi connectivity index (χ1n) is 9.44. The molecule has 2 saturated heterocycles. The summed E-state index contributed by atoms with van der Waals surface area (Å²) in [4.78, 5) is 9.32. The summed E-state index contributed by atoms with van der Waals surface area (Å²) in [5.74, 6) is 1.85. The van der Waals surface area contributed by atoms with Gasteiger partial charge in [0.05, 0.1) is 0 Å². The van der Waals surface area contributed by atoms with Crippen LogP contribution in [-0.4, -0.2) is 75.3 Å². The van der Waals surface area contributed by atoms with Gasteiger partial charge in [-0.3, -0.25) is 9.89 Å². The van der Waals surface area contributed by atoms with Crippen LogP contribution >= 0.6 is 0 Å². The first-order chi connectivity index (χ1) is 11.2. The minimum Gasteiger partial charge on any atom is -0.381 e. The normalized spacial score (nSPS) is 24.7. The Balaban J connectivity index is 1.65. The Morgan fingerprint density at radius 2 is 2.04 bits per heavy atom. The molecule has 5 nitrogen and oxygen atoms in total. The van der Waals surface area contributed by atoms with Crippen molar-refractivity contribution in [1.82, 2.24) is 15.1 Å². The molecule has 2 aliphatic heterocycles. The van der Waals surface area contributed by atoms with Gasteiger partial charge in [-0.25, -0.2) is 0 Å². The number of nitrogens with zero attached hydrogens (tertiary/aromatic N) is 3. The third-order valence-electron chi connectivity index (χ3n) is 5.41. The lowest BCUT2D eigenvalue weighted by atomic mass is 9.96. The Hall–Kier alpha value is -0.810. The zero-order chi connectivity index (χ0) is 16.5. The summed E-state index contributed by atoms with van der Waals surface area (Å²) < 4.78 is 5.44. The van der Waals surface area contributed by atoms with Gasteiger partial charge in [-0.1, -0.05) is 6.42 Å². The average Bonchev–Trinajstić information content (AvgIpc) is 2.59. The van der Waals surface area contributed by atoms with E-state index in [2.05, 4.69) is 34.1 Å². The molecule has 2 heterocycles. The Morgan fingerprint density at radius 1 is 1.26 bits per heavy atom. The molecule has 0 amide bonds. The molecule has 134 valence electrons. The van der Waals surface area contributed by atoms with Crippen LogP contribution in [0.4, 0.5) is 0 Å². The zero-order valence-corrected chi connectivity index (χ0v) is 15.4. The molecular weight excluding hydrogens is 288 g/mol. The van der Waals surface area contributed by atoms with E-state index >= 15 is 0 Å². The van der Waals surface area contributed by atoms with E-state index < -0.39 is 0 Å². The van der Waals surface area contributed by atoms with Gasteiger partial charge in [-0.2, -0.15) is 0 Å². The molecule has 0 spiro atoms. The highest BCUT2D eigenvalue weighted by Crippen LogP contribution is 2.18. The van der Waals surface area contributed by atoms with Gasteiger partial charge < -0.3 is 15.0 Å². The van der Waals surface area contributed by atoms with Gasteiger partial charge in [0.2, 0.25) is 0 Å². The number of hydrogen-bond acceptors (Lipinski definition) is 3. The second-order valence-corrected chi connectivity index (χ2v) is 7.12. The van der Waals surface area contributed by atoms with Crippen LogP contribution < -0.4 is 5.32 Å². The maximum absolute atomic E-state index is 5.44. The molecule has 0 aromatic carbocycles. The fraction of sp³-hybridized carbons (Fsp3) is 0.944. The van der Waals surface area contributed by atoms with Crippen molar-refractivity contribution in [3.63, 3.8) is 0 Å². The molecule has 23 heavy (non-hydrogen) atoms. The van der Waals surface area contributed by atoms with Gasteiger partial charge in [0.25, 0.3) is 0 Å². The predicted octanol–water partition coefficient (Wildman–Crippen LogP) is 2.18. The van der Waals surface area contributed by atoms with Gasteiger partial charge in [-0.05, 0) is 51.5 Å². The molecule has 0 aromatic heterocycles. The lowest BCUT2D eigenvalue weighted by Crippen LogP contribution is -2.46. The number of piperidine rings is 1. The summed E-state index contributed by atoms with van der Waals surface area (Å²) in [7, 11) is 4.04. The highest BCUT2D eigenvalue weighted by atomic mass is 16.5. The Labute approximate surface area is 142 Å². The van der Waals surface area contributed by atoms with E-state index in [9.17, 15) is 0 Å². The molecule has 2 aliphatic rings. The van der Waals surface area contributed by atoms with Gasteiger partial charge >= 0.3 is 0 Å². The van der Waals surface area contributed by atoms with Crippen molar-refractivity contribution in [2.24, 2.45) is 10.9 Å². The van der Waals surface area contributed by atoms with Crippen molar-refractivity contribution < 1.29 is 4.74 Å². The number of ether oxygens (including phenoxy) is 1. The van der Waals surface area contributed by atoms with Crippen LogP contribution in [0.1, 0.15) is 45.4 Å². The summed E-state index contributed by atoms with van der Waals surface area (Å²) in [5.41, 5.74) is 0. The lowest BCUT2D eigenvalue weighted by molar-refractivity contribution is 0.0625. The molecule has 1 unspecified atom stereocenters. The van der Waals surface area contributed by atoms with Crippen molar-refractivity contribution in [3.05, 3.63) is 0 Å². The summed E-state index contributed by atoms with van der Waals surface area (Å²) >= 11 is 0. The minimum absolute atomic E-state index is 0.735. The molecule has 2 fully saturated rings. The average molecular weight is 325 g/mol. The van der Waals surface area contributed by atoms with E-state index in [1.54, 1.807) is 0 Å². The van der Waals surface area contributed by atoms with E-state index in [0.29, 0.717) is 0 Å². The number of nitrogens with one attached hydrogen (secondary N) is 1. The predicted molar refractivity (Wildman–Crippen MR) is 97.0 cm³/mol. The Kier molecular flexibility index (Phi) is 8.17. The van der Waals surface area contributed by atoms with Gasteiger partial charge in [0, 0.05) is 53.0 Å². The first kappa shape index (κ1) is 18.5. The van der Waals surface area contributed by atoms with Crippen LogP contribution in [0.15, 0.2) is 4.99 Å². The Morgan fingerprint density at radius 3 is 2.74 bits per heavy atom. The van der Waals surface area contributed by atoms with Crippen LogP contribution in [0.3, 0.4) is 0 Å².